The number of carbonyl (C=O) groups is 8. The number of benzene rings is 2. The number of nitrogens with zero attached hydrogens (tertiary/aromatic N) is 1. The molecule has 8 amide bonds. The van der Waals surface area contributed by atoms with E-state index in [1.807, 2.05) is 13.0 Å². The first kappa shape index (κ1) is 66.5. The summed E-state index contributed by atoms with van der Waals surface area (Å²) in [4.78, 5) is 107. The smallest absolute Gasteiger partial charge is 0.412 e. The average molecular weight is 1300 g/mol. The molecule has 23 nitrogen and oxygen atoms in total. The number of nitrogens with two attached hydrogens (primary N) is 1. The molecule has 2 fully saturated rings. The number of aliphatic hydroxyl groups is 1. The number of esters is 1. The van der Waals surface area contributed by atoms with Crippen LogP contribution in [0.3, 0.4) is 0 Å². The highest BCUT2D eigenvalue weighted by molar-refractivity contribution is 9.10. The Bertz CT molecular complexity index is 2770. The molecule has 82 heavy (non-hydrogen) atoms. The lowest BCUT2D eigenvalue weighted by Gasteiger charge is -2.42. The predicted molar refractivity (Wildman–Crippen MR) is 313 cm³/mol. The van der Waals surface area contributed by atoms with E-state index in [1.54, 1.807) is 52.0 Å². The first-order valence-corrected chi connectivity index (χ1v) is 29.0. The van der Waals surface area contributed by atoms with Gasteiger partial charge in [0.05, 0.1) is 37.6 Å². The number of halogens is 3. The zero-order valence-electron chi connectivity index (χ0n) is 47.3. The minimum Gasteiger partial charge on any atom is -0.495 e. The Hall–Kier alpha value is -6.25. The van der Waals surface area contributed by atoms with Gasteiger partial charge in [-0.25, -0.2) is 19.2 Å². The van der Waals surface area contributed by atoms with Gasteiger partial charge in [0.15, 0.2) is 5.72 Å². The van der Waals surface area contributed by atoms with E-state index >= 15 is 0 Å². The largest absolute Gasteiger partial charge is 0.495 e. The Balaban J connectivity index is 1.32. The molecule has 9 N–H and O–H groups in total. The van der Waals surface area contributed by atoms with Crippen molar-refractivity contribution in [1.29, 1.82) is 0 Å². The van der Waals surface area contributed by atoms with Crippen LogP contribution in [-0.2, 0) is 54.1 Å². The number of epoxide rings is 1. The maximum Gasteiger partial charge on any atom is 0.412 e. The second kappa shape index (κ2) is 30.3. The van der Waals surface area contributed by atoms with E-state index in [1.165, 1.54) is 44.4 Å². The number of hydrogen-bond donors (Lipinski definition) is 8. The Kier molecular flexibility index (Phi) is 24.6. The van der Waals surface area contributed by atoms with Crippen molar-refractivity contribution in [3.8, 4) is 5.75 Å². The molecular weight excluding hydrogens is 1220 g/mol. The van der Waals surface area contributed by atoms with Gasteiger partial charge in [-0.3, -0.25) is 29.8 Å². The lowest BCUT2D eigenvalue weighted by atomic mass is 9.83. The molecule has 26 heteroatoms. The van der Waals surface area contributed by atoms with E-state index in [9.17, 15) is 43.5 Å². The second-order valence-corrected chi connectivity index (χ2v) is 22.8. The normalized spacial score (nSPS) is 24.3. The zero-order chi connectivity index (χ0) is 60.6. The molecule has 9 atom stereocenters. The van der Waals surface area contributed by atoms with Gasteiger partial charge in [-0.1, -0.05) is 78.7 Å². The summed E-state index contributed by atoms with van der Waals surface area (Å²) >= 11 is 13.5. The van der Waals surface area contributed by atoms with E-state index in [0.29, 0.717) is 48.0 Å². The highest BCUT2D eigenvalue weighted by atomic mass is 79.9. The number of rotatable bonds is 22. The first-order chi connectivity index (χ1) is 38.7. The number of ether oxygens (including phenoxy) is 6. The SMILES string of the molecule is C=C(CBr)C(=O)OCCCCCC(=O)N[C@H](C(=O)N[C@@H](CCCNC(N)=O)C(=O)Nc1ccc(NC(=O)O[C@H]2CC(=O)N(C)c3cc(cc(OC)c3Cl)C/C(C)=C/C=C/[C@@H](OC)[C@@]3(O)C[C@H](OC(=O)N3)[C@@H](C)[C@@H]3O[C@@]23C)c(Br)c1)C(C)C. The van der Waals surface area contributed by atoms with Crippen molar-refractivity contribution in [3.05, 3.63) is 81.3 Å². The number of hydrogen-bond acceptors (Lipinski definition) is 15. The molecular formula is C56H75Br2ClN8O15. The van der Waals surface area contributed by atoms with E-state index in [4.69, 9.17) is 45.8 Å². The van der Waals surface area contributed by atoms with Gasteiger partial charge in [-0.2, -0.15) is 0 Å². The summed E-state index contributed by atoms with van der Waals surface area (Å²) in [6.45, 7) is 12.7. The number of amides is 8. The topological polar surface area (TPSA) is 317 Å². The Morgan fingerprint density at radius 2 is 1.77 bits per heavy atom. The number of methoxy groups -OCH3 is 2. The van der Waals surface area contributed by atoms with Crippen LogP contribution in [0.4, 0.5) is 31.4 Å². The minimum absolute atomic E-state index is 0.0561. The number of carbonyl (C=O) groups excluding carboxylic acids is 8. The number of alkyl carbamates (subject to hydrolysis) is 1. The number of alkyl halides is 1. The van der Waals surface area contributed by atoms with Gasteiger partial charge in [-0.05, 0) is 110 Å². The fraction of sp³-hybridized carbons (Fsp3) is 0.536. The second-order valence-electron chi connectivity index (χ2n) is 21.0. The summed E-state index contributed by atoms with van der Waals surface area (Å²) in [5.41, 5.74) is 4.70. The third-order valence-electron chi connectivity index (χ3n) is 14.3. The molecule has 0 aromatic heterocycles. The van der Waals surface area contributed by atoms with Gasteiger partial charge in [0, 0.05) is 60.5 Å². The van der Waals surface area contributed by atoms with Gasteiger partial charge >= 0.3 is 24.2 Å². The Morgan fingerprint density at radius 1 is 1.04 bits per heavy atom. The van der Waals surface area contributed by atoms with Crippen molar-refractivity contribution in [2.75, 3.05) is 55.3 Å². The van der Waals surface area contributed by atoms with Crippen LogP contribution in [0.15, 0.2) is 70.8 Å². The maximum absolute atomic E-state index is 14.4. The molecule has 3 aliphatic rings. The number of fused-ring (bicyclic) bond motifs is 5. The van der Waals surface area contributed by atoms with Crippen LogP contribution in [0.1, 0.15) is 91.5 Å². The molecule has 3 aliphatic heterocycles. The molecule has 2 aromatic rings. The van der Waals surface area contributed by atoms with Crippen LogP contribution >= 0.6 is 43.5 Å². The molecule has 0 spiro atoms. The molecule has 450 valence electrons. The van der Waals surface area contributed by atoms with Crippen molar-refractivity contribution < 1.29 is 71.9 Å². The lowest BCUT2D eigenvalue weighted by Crippen LogP contribution is -2.63. The van der Waals surface area contributed by atoms with Crippen molar-refractivity contribution in [1.82, 2.24) is 21.3 Å². The third kappa shape index (κ3) is 18.4. The van der Waals surface area contributed by atoms with Gasteiger partial charge in [0.1, 0.15) is 46.8 Å². The van der Waals surface area contributed by atoms with Crippen LogP contribution < -0.4 is 47.3 Å². The monoisotopic (exact) mass is 1290 g/mol. The lowest BCUT2D eigenvalue weighted by molar-refractivity contribution is -0.142. The summed E-state index contributed by atoms with van der Waals surface area (Å²) in [5.74, 6) is -3.33. The molecule has 0 radical (unpaired) electrons. The summed E-state index contributed by atoms with van der Waals surface area (Å²) in [6, 6.07) is 5.04. The van der Waals surface area contributed by atoms with Crippen LogP contribution in [0, 0.1) is 11.8 Å². The van der Waals surface area contributed by atoms with E-state index in [-0.39, 0.29) is 71.5 Å². The minimum atomic E-state index is -1.90. The van der Waals surface area contributed by atoms with Crippen LogP contribution in [0.2, 0.25) is 5.02 Å². The zero-order valence-corrected chi connectivity index (χ0v) is 51.2. The fourth-order valence-corrected chi connectivity index (χ4v) is 10.5. The summed E-state index contributed by atoms with van der Waals surface area (Å²) in [5, 5.41) is 28.3. The summed E-state index contributed by atoms with van der Waals surface area (Å²) in [7, 11) is 4.40. The fourth-order valence-electron chi connectivity index (χ4n) is 9.51. The van der Waals surface area contributed by atoms with Gasteiger partial charge in [0.2, 0.25) is 23.6 Å². The highest BCUT2D eigenvalue weighted by Crippen LogP contribution is 2.49. The molecule has 3 heterocycles. The standard InChI is InChI=1S/C56H75Br2ClN8O15/c1-30(2)47(65-44(68)18-11-10-12-22-79-51(72)32(4)29-57)50(71)63-38(16-14-21-61-52(60)73)49(70)62-35-19-20-37(36(58)26-35)64-53(74)81-43-27-45(69)67(7)39-24-34(25-40(77-8)46(39)59)23-31(3)15-13-17-42(78-9)56(76)28-41(80-54(75)66-56)33(5)48-55(43,6)82-48/h13,15,17,19-20,24-26,30,33,38,41-43,47-48,76H,4,10-12,14,16,18,21-23,27-29H2,1-3,5-9H3,(H,62,70)(H,63,71)(H,64,74)(H,65,68)(H,66,75)(H3,60,61,73)/b17-13+,31-15+/t33-,38+,41+,42-,43+,47+,48+,55+,56+/m1/s1. The summed E-state index contributed by atoms with van der Waals surface area (Å²) < 4.78 is 34.8. The van der Waals surface area contributed by atoms with Crippen LogP contribution in [0.5, 0.6) is 5.75 Å². The van der Waals surface area contributed by atoms with Crippen LogP contribution in [-0.4, -0.2) is 140 Å². The molecule has 0 unspecified atom stereocenters. The molecule has 5 rings (SSSR count). The van der Waals surface area contributed by atoms with Gasteiger partial charge in [0.25, 0.3) is 0 Å². The number of urea groups is 1. The molecule has 0 saturated carbocycles. The third-order valence-corrected chi connectivity index (χ3v) is 16.0. The van der Waals surface area contributed by atoms with E-state index < -0.39 is 102 Å². The Labute approximate surface area is 499 Å². The molecule has 0 aliphatic carbocycles. The number of allylic oxidation sites excluding steroid dienone is 3. The summed E-state index contributed by atoms with van der Waals surface area (Å²) in [6.07, 6.45) is 1.15. The maximum atomic E-state index is 14.4. The number of unbranched alkanes of at least 4 members (excludes halogenated alkanes) is 2. The van der Waals surface area contributed by atoms with Crippen LogP contribution in [0.25, 0.3) is 0 Å². The van der Waals surface area contributed by atoms with Gasteiger partial charge in [-0.15, -0.1) is 0 Å². The molecule has 2 saturated heterocycles. The number of nitrogens with one attached hydrogen (secondary N) is 6. The highest BCUT2D eigenvalue weighted by Gasteiger charge is 2.64. The van der Waals surface area contributed by atoms with E-state index in [0.717, 1.165) is 11.1 Å². The van der Waals surface area contributed by atoms with Crippen molar-refractivity contribution in [2.24, 2.45) is 17.6 Å². The quantitative estimate of drug-likeness (QED) is 0.0144. The van der Waals surface area contributed by atoms with Crippen molar-refractivity contribution in [3.63, 3.8) is 0 Å². The predicted octanol–water partition coefficient (Wildman–Crippen LogP) is 7.20. The number of primary amides is 1. The van der Waals surface area contributed by atoms with Crippen molar-refractivity contribution in [2.45, 2.75) is 140 Å². The molecule has 2 aromatic carbocycles. The average Bonchev–Trinajstić information content (AvgIpc) is 3.49. The first-order valence-electron chi connectivity index (χ1n) is 26.7. The van der Waals surface area contributed by atoms with Gasteiger partial charge < -0.3 is 65.4 Å². The molecule has 4 bridgehead atoms. The Morgan fingerprint density at radius 3 is 2.43 bits per heavy atom. The van der Waals surface area contributed by atoms with E-state index in [2.05, 4.69) is 70.3 Å². The number of anilines is 3. The van der Waals surface area contributed by atoms with Crippen molar-refractivity contribution >= 4 is 108 Å².